The molecule has 0 saturated heterocycles. The highest BCUT2D eigenvalue weighted by molar-refractivity contribution is 7.95. The molecule has 0 aromatic heterocycles. The van der Waals surface area contributed by atoms with Crippen LogP contribution in [0.5, 0.6) is 5.75 Å². The summed E-state index contributed by atoms with van der Waals surface area (Å²) in [5.41, 5.74) is 0.502. The first-order valence-electron chi connectivity index (χ1n) is 6.59. The molecule has 0 aliphatic rings. The fourth-order valence-corrected chi connectivity index (χ4v) is 3.17. The highest BCUT2D eigenvalue weighted by atomic mass is 35.5. The molecule has 0 aliphatic heterocycles. The van der Waals surface area contributed by atoms with Crippen LogP contribution in [0.4, 0.5) is 5.69 Å². The number of rotatable bonds is 5. The quantitative estimate of drug-likeness (QED) is 0.781. The van der Waals surface area contributed by atoms with E-state index in [0.29, 0.717) is 21.5 Å². The van der Waals surface area contributed by atoms with Crippen molar-refractivity contribution in [2.75, 3.05) is 12.4 Å². The molecule has 5 nitrogen and oxygen atoms in total. The lowest BCUT2D eigenvalue weighted by molar-refractivity contribution is 0.414. The summed E-state index contributed by atoms with van der Waals surface area (Å²) in [6, 6.07) is 12.1. The molecule has 0 radical (unpaired) electrons. The molecule has 0 amide bonds. The van der Waals surface area contributed by atoms with Crippen molar-refractivity contribution < 1.29 is 13.2 Å². The van der Waals surface area contributed by atoms with Crippen LogP contribution in [0.3, 0.4) is 0 Å². The van der Waals surface area contributed by atoms with Gasteiger partial charge in [-0.3, -0.25) is 0 Å². The molecule has 0 fully saturated rings. The molecule has 8 heteroatoms. The number of hydrogen-bond acceptors (Lipinski definition) is 5. The Kier molecular flexibility index (Phi) is 5.73. The molecular weight excluding hydrogens is 371 g/mol. The Bertz CT molecular complexity index is 917. The van der Waals surface area contributed by atoms with Gasteiger partial charge in [-0.05, 0) is 42.5 Å². The van der Waals surface area contributed by atoms with Crippen LogP contribution in [-0.2, 0) is 9.84 Å². The number of halogens is 2. The Labute approximate surface area is 150 Å². The van der Waals surface area contributed by atoms with Crippen molar-refractivity contribution in [2.45, 2.75) is 4.90 Å². The van der Waals surface area contributed by atoms with E-state index in [2.05, 4.69) is 5.32 Å². The number of benzene rings is 2. The monoisotopic (exact) mass is 382 g/mol. The number of anilines is 1. The van der Waals surface area contributed by atoms with E-state index in [1.54, 1.807) is 18.2 Å². The molecule has 24 heavy (non-hydrogen) atoms. The highest BCUT2D eigenvalue weighted by Gasteiger charge is 2.20. The summed E-state index contributed by atoms with van der Waals surface area (Å²) in [4.78, 5) is -0.439. The van der Waals surface area contributed by atoms with Gasteiger partial charge in [0, 0.05) is 11.9 Å². The standard InChI is InChI=1S/C16H12Cl2N2O3S/c1-23-12-3-5-13(6-4-12)24(21,22)14(9-19)10-20-11-2-7-15(17)16(18)8-11/h2-8,10,20H,1H3/b14-10-. The van der Waals surface area contributed by atoms with E-state index in [1.165, 1.54) is 37.4 Å². The van der Waals surface area contributed by atoms with Crippen molar-refractivity contribution in [2.24, 2.45) is 0 Å². The average Bonchev–Trinajstić information content (AvgIpc) is 2.58. The first-order valence-corrected chi connectivity index (χ1v) is 8.83. The molecular formula is C16H12Cl2N2O3S. The normalized spacial score (nSPS) is 11.7. The minimum absolute atomic E-state index is 0.00737. The summed E-state index contributed by atoms with van der Waals surface area (Å²) in [6.45, 7) is 0. The zero-order valence-electron chi connectivity index (χ0n) is 12.5. The number of nitrogens with zero attached hydrogens (tertiary/aromatic N) is 1. The van der Waals surface area contributed by atoms with Crippen LogP contribution in [0, 0.1) is 11.3 Å². The molecule has 0 bridgehead atoms. The van der Waals surface area contributed by atoms with Crippen LogP contribution in [-0.4, -0.2) is 15.5 Å². The van der Waals surface area contributed by atoms with Crippen molar-refractivity contribution in [3.8, 4) is 11.8 Å². The van der Waals surface area contributed by atoms with E-state index in [1.807, 2.05) is 0 Å². The van der Waals surface area contributed by atoms with Crippen molar-refractivity contribution in [1.29, 1.82) is 5.26 Å². The van der Waals surface area contributed by atoms with Crippen LogP contribution < -0.4 is 10.1 Å². The van der Waals surface area contributed by atoms with Gasteiger partial charge in [-0.1, -0.05) is 23.2 Å². The molecule has 0 unspecified atom stereocenters. The molecule has 2 aromatic carbocycles. The van der Waals surface area contributed by atoms with Gasteiger partial charge in [0.1, 0.15) is 11.8 Å². The number of methoxy groups -OCH3 is 1. The number of allylic oxidation sites excluding steroid dienone is 1. The van der Waals surface area contributed by atoms with Crippen LogP contribution in [0.15, 0.2) is 58.5 Å². The van der Waals surface area contributed by atoms with E-state index in [0.717, 1.165) is 6.20 Å². The van der Waals surface area contributed by atoms with Crippen molar-refractivity contribution >= 4 is 38.7 Å². The third-order valence-corrected chi connectivity index (χ3v) is 5.48. The predicted octanol–water partition coefficient (Wildman–Crippen LogP) is 4.25. The smallest absolute Gasteiger partial charge is 0.218 e. The van der Waals surface area contributed by atoms with Gasteiger partial charge >= 0.3 is 0 Å². The summed E-state index contributed by atoms with van der Waals surface area (Å²) >= 11 is 11.7. The van der Waals surface area contributed by atoms with Gasteiger partial charge in [0.2, 0.25) is 9.84 Å². The number of hydrogen-bond donors (Lipinski definition) is 1. The van der Waals surface area contributed by atoms with Gasteiger partial charge < -0.3 is 10.1 Å². The molecule has 0 heterocycles. The second kappa shape index (κ2) is 7.58. The molecule has 124 valence electrons. The maximum atomic E-state index is 12.5. The second-order valence-electron chi connectivity index (χ2n) is 4.57. The van der Waals surface area contributed by atoms with Crippen LogP contribution in [0.1, 0.15) is 0 Å². The Morgan fingerprint density at radius 2 is 1.83 bits per heavy atom. The molecule has 2 rings (SSSR count). The van der Waals surface area contributed by atoms with Crippen LogP contribution in [0.2, 0.25) is 10.0 Å². The first-order chi connectivity index (χ1) is 11.4. The molecule has 0 aliphatic carbocycles. The number of nitrogens with one attached hydrogen (secondary N) is 1. The van der Waals surface area contributed by atoms with Crippen molar-refractivity contribution in [3.05, 3.63) is 63.6 Å². The summed E-state index contributed by atoms with van der Waals surface area (Å²) in [7, 11) is -2.46. The van der Waals surface area contributed by atoms with Crippen molar-refractivity contribution in [3.63, 3.8) is 0 Å². The van der Waals surface area contributed by atoms with Gasteiger partial charge in [0.25, 0.3) is 0 Å². The largest absolute Gasteiger partial charge is 0.497 e. The molecule has 2 aromatic rings. The zero-order valence-corrected chi connectivity index (χ0v) is 14.8. The minimum atomic E-state index is -3.94. The third kappa shape index (κ3) is 4.01. The number of sulfone groups is 1. The van der Waals surface area contributed by atoms with E-state index in [-0.39, 0.29) is 4.90 Å². The van der Waals surface area contributed by atoms with E-state index in [4.69, 9.17) is 27.9 Å². The zero-order chi connectivity index (χ0) is 17.7. The lowest BCUT2D eigenvalue weighted by Crippen LogP contribution is -2.05. The predicted molar refractivity (Wildman–Crippen MR) is 94.0 cm³/mol. The third-order valence-electron chi connectivity index (χ3n) is 3.06. The summed E-state index contributed by atoms with van der Waals surface area (Å²) in [6.07, 6.45) is 1.11. The van der Waals surface area contributed by atoms with Gasteiger partial charge in [-0.25, -0.2) is 8.42 Å². The Hall–Kier alpha value is -2.20. The Morgan fingerprint density at radius 1 is 1.17 bits per heavy atom. The highest BCUT2D eigenvalue weighted by Crippen LogP contribution is 2.26. The number of ether oxygens (including phenoxy) is 1. The number of nitriles is 1. The average molecular weight is 383 g/mol. The lowest BCUT2D eigenvalue weighted by atomic mass is 10.3. The first kappa shape index (κ1) is 18.1. The Balaban J connectivity index is 2.31. The van der Waals surface area contributed by atoms with Gasteiger partial charge in [-0.2, -0.15) is 5.26 Å². The molecule has 0 saturated carbocycles. The van der Waals surface area contributed by atoms with E-state index in [9.17, 15) is 13.7 Å². The summed E-state index contributed by atoms with van der Waals surface area (Å²) in [5, 5.41) is 12.6. The molecule has 1 N–H and O–H groups in total. The SMILES string of the molecule is COc1ccc(S(=O)(=O)/C(C#N)=C\Nc2ccc(Cl)c(Cl)c2)cc1. The maximum Gasteiger partial charge on any atom is 0.218 e. The van der Waals surface area contributed by atoms with Gasteiger partial charge in [-0.15, -0.1) is 0 Å². The van der Waals surface area contributed by atoms with E-state index >= 15 is 0 Å². The topological polar surface area (TPSA) is 79.2 Å². The maximum absolute atomic E-state index is 12.5. The lowest BCUT2D eigenvalue weighted by Gasteiger charge is -2.06. The van der Waals surface area contributed by atoms with Crippen LogP contribution >= 0.6 is 23.2 Å². The second-order valence-corrected chi connectivity index (χ2v) is 7.31. The molecule has 0 spiro atoms. The minimum Gasteiger partial charge on any atom is -0.497 e. The Morgan fingerprint density at radius 3 is 2.38 bits per heavy atom. The van der Waals surface area contributed by atoms with E-state index < -0.39 is 14.7 Å². The van der Waals surface area contributed by atoms with Gasteiger partial charge in [0.15, 0.2) is 4.91 Å². The molecule has 0 atom stereocenters. The van der Waals surface area contributed by atoms with Crippen LogP contribution in [0.25, 0.3) is 0 Å². The summed E-state index contributed by atoms with van der Waals surface area (Å²) in [5.74, 6) is 0.519. The summed E-state index contributed by atoms with van der Waals surface area (Å²) < 4.78 is 30.0. The fourth-order valence-electron chi connectivity index (χ4n) is 1.79. The van der Waals surface area contributed by atoms with Crippen molar-refractivity contribution in [1.82, 2.24) is 0 Å². The van der Waals surface area contributed by atoms with Gasteiger partial charge in [0.05, 0.1) is 22.1 Å². The fraction of sp³-hybridized carbons (Fsp3) is 0.0625.